The summed E-state index contributed by atoms with van der Waals surface area (Å²) < 4.78 is 20.6. The third-order valence-electron chi connectivity index (χ3n) is 5.06. The Labute approximate surface area is 161 Å². The zero-order valence-electron chi connectivity index (χ0n) is 16.0. The summed E-state index contributed by atoms with van der Waals surface area (Å²) in [4.78, 5) is 22.6. The number of nitrogens with two attached hydrogens (primary N) is 1. The van der Waals surface area contributed by atoms with Gasteiger partial charge < -0.3 is 15.4 Å². The van der Waals surface area contributed by atoms with Crippen LogP contribution in [0.5, 0.6) is 5.75 Å². The molecule has 1 aliphatic carbocycles. The van der Waals surface area contributed by atoms with Crippen LogP contribution in [-0.2, 0) is 11.2 Å². The highest BCUT2D eigenvalue weighted by Gasteiger charge is 2.31. The van der Waals surface area contributed by atoms with Crippen molar-refractivity contribution < 1.29 is 13.9 Å². The summed E-state index contributed by atoms with van der Waals surface area (Å²) >= 11 is 0. The molecule has 1 amide bonds. The van der Waals surface area contributed by atoms with Crippen LogP contribution in [0.4, 0.5) is 10.3 Å². The second-order valence-electron chi connectivity index (χ2n) is 7.23. The fourth-order valence-corrected chi connectivity index (χ4v) is 3.32. The topological polar surface area (TPSA) is 98.6 Å². The van der Waals surface area contributed by atoms with E-state index in [1.165, 1.54) is 23.8 Å². The van der Waals surface area contributed by atoms with Gasteiger partial charge in [0.2, 0.25) is 11.9 Å². The predicted molar refractivity (Wildman–Crippen MR) is 103 cm³/mol. The normalized spacial score (nSPS) is 14.0. The molecule has 3 aromatic rings. The van der Waals surface area contributed by atoms with Crippen molar-refractivity contribution in [3.8, 4) is 5.75 Å². The van der Waals surface area contributed by atoms with Crippen LogP contribution >= 0.6 is 0 Å². The molecule has 1 fully saturated rings. The maximum Gasteiger partial charge on any atom is 0.225 e. The molecular weight excluding hydrogens is 363 g/mol. The second kappa shape index (κ2) is 7.21. The van der Waals surface area contributed by atoms with Gasteiger partial charge in [-0.25, -0.2) is 14.4 Å². The van der Waals surface area contributed by atoms with Crippen molar-refractivity contribution in [2.75, 3.05) is 26.4 Å². The van der Waals surface area contributed by atoms with Crippen molar-refractivity contribution in [1.82, 2.24) is 24.5 Å². The highest BCUT2D eigenvalue weighted by atomic mass is 19.1. The minimum absolute atomic E-state index is 0.105. The zero-order valence-corrected chi connectivity index (χ0v) is 16.0. The maximum absolute atomic E-state index is 14.1. The smallest absolute Gasteiger partial charge is 0.225 e. The Balaban J connectivity index is 1.49. The summed E-state index contributed by atoms with van der Waals surface area (Å²) in [7, 11) is 3.25. The first-order chi connectivity index (χ1) is 13.5. The van der Waals surface area contributed by atoms with Gasteiger partial charge >= 0.3 is 0 Å². The summed E-state index contributed by atoms with van der Waals surface area (Å²) in [6, 6.07) is 2.84. The van der Waals surface area contributed by atoms with Gasteiger partial charge in [-0.3, -0.25) is 4.79 Å². The molecule has 4 rings (SSSR count). The lowest BCUT2D eigenvalue weighted by molar-refractivity contribution is -0.131. The number of carbonyl (C=O) groups excluding carboxylic acids is 1. The van der Waals surface area contributed by atoms with Crippen molar-refractivity contribution in [1.29, 1.82) is 0 Å². The molecule has 1 aliphatic rings. The number of hydrogen-bond acceptors (Lipinski definition) is 6. The molecule has 2 heterocycles. The quantitative estimate of drug-likeness (QED) is 0.625. The van der Waals surface area contributed by atoms with Crippen LogP contribution < -0.4 is 10.5 Å². The number of amides is 1. The third kappa shape index (κ3) is 3.44. The molecule has 28 heavy (non-hydrogen) atoms. The fourth-order valence-electron chi connectivity index (χ4n) is 3.32. The van der Waals surface area contributed by atoms with E-state index in [-0.39, 0.29) is 23.5 Å². The highest BCUT2D eigenvalue weighted by molar-refractivity contribution is 5.93. The average molecular weight is 386 g/mol. The predicted octanol–water partition coefficient (Wildman–Crippen LogP) is 2.20. The maximum atomic E-state index is 14.1. The monoisotopic (exact) mass is 386 g/mol. The summed E-state index contributed by atoms with van der Waals surface area (Å²) in [5, 5.41) is 4.94. The minimum Gasteiger partial charge on any atom is -0.494 e. The molecule has 9 heteroatoms. The van der Waals surface area contributed by atoms with E-state index in [2.05, 4.69) is 15.1 Å². The van der Waals surface area contributed by atoms with E-state index in [9.17, 15) is 9.18 Å². The van der Waals surface area contributed by atoms with E-state index in [1.54, 1.807) is 4.90 Å². The fraction of sp³-hybridized carbons (Fsp3) is 0.474. The summed E-state index contributed by atoms with van der Waals surface area (Å²) in [5.74, 6) is 0.907. The largest absolute Gasteiger partial charge is 0.494 e. The van der Waals surface area contributed by atoms with Crippen molar-refractivity contribution in [3.63, 3.8) is 0 Å². The van der Waals surface area contributed by atoms with E-state index in [0.717, 1.165) is 32.2 Å². The van der Waals surface area contributed by atoms with Gasteiger partial charge in [0.05, 0.1) is 12.6 Å². The number of aryl methyl sites for hydroxylation is 1. The molecule has 2 N–H and O–H groups in total. The van der Waals surface area contributed by atoms with E-state index in [1.807, 2.05) is 7.05 Å². The minimum atomic E-state index is -0.489. The van der Waals surface area contributed by atoms with E-state index in [4.69, 9.17) is 10.5 Å². The number of halogens is 1. The van der Waals surface area contributed by atoms with E-state index < -0.39 is 5.82 Å². The number of anilines is 1. The van der Waals surface area contributed by atoms with Crippen molar-refractivity contribution in [2.45, 2.75) is 32.1 Å². The Morgan fingerprint density at radius 1 is 1.36 bits per heavy atom. The molecule has 0 bridgehead atoms. The number of ether oxygens (including phenoxy) is 1. The molecule has 0 radical (unpaired) electrons. The first kappa shape index (κ1) is 18.4. The number of benzene rings is 1. The van der Waals surface area contributed by atoms with Gasteiger partial charge in [0.15, 0.2) is 23.0 Å². The lowest BCUT2D eigenvalue weighted by atomic mass is 10.2. The molecule has 0 atom stereocenters. The Bertz CT molecular complexity index is 1050. The molecule has 2 aromatic heterocycles. The number of nitrogen functional groups attached to an aromatic ring is 1. The molecule has 1 saturated carbocycles. The van der Waals surface area contributed by atoms with E-state index >= 15 is 0 Å². The van der Waals surface area contributed by atoms with Gasteiger partial charge in [-0.1, -0.05) is 0 Å². The second-order valence-corrected chi connectivity index (χ2v) is 7.23. The van der Waals surface area contributed by atoms with Gasteiger partial charge in [0.1, 0.15) is 0 Å². The van der Waals surface area contributed by atoms with Crippen molar-refractivity contribution in [2.24, 2.45) is 5.92 Å². The van der Waals surface area contributed by atoms with Crippen molar-refractivity contribution >= 4 is 28.4 Å². The van der Waals surface area contributed by atoms with Crippen LogP contribution in [0, 0.1) is 11.7 Å². The number of fused-ring (bicyclic) bond motifs is 3. The van der Waals surface area contributed by atoms with Crippen molar-refractivity contribution in [3.05, 3.63) is 23.8 Å². The van der Waals surface area contributed by atoms with Crippen LogP contribution in [0.2, 0.25) is 0 Å². The molecule has 0 spiro atoms. The standard InChI is InChI=1S/C19H23FN6O2/c1-25(18(27)11-6-7-11)8-4-3-5-16-23-17-12-9-13(20)15(28-2)10-14(12)22-19(21)26(17)24-16/h9-11H,3-8H2,1-2H3,(H2,21,22). The molecule has 1 aromatic carbocycles. The number of carbonyl (C=O) groups is 1. The molecule has 148 valence electrons. The van der Waals surface area contributed by atoms with Crippen LogP contribution in [0.1, 0.15) is 31.5 Å². The molecular formula is C19H23FN6O2. The first-order valence-corrected chi connectivity index (χ1v) is 9.41. The SMILES string of the molecule is COc1cc2nc(N)n3nc(CCCCN(C)C(=O)C4CC4)nc3c2cc1F. The Morgan fingerprint density at radius 3 is 2.86 bits per heavy atom. The number of methoxy groups -OCH3 is 1. The number of rotatable bonds is 7. The summed E-state index contributed by atoms with van der Waals surface area (Å²) in [5.41, 5.74) is 6.97. The van der Waals surface area contributed by atoms with Crippen LogP contribution in [0.15, 0.2) is 12.1 Å². The molecule has 0 unspecified atom stereocenters. The highest BCUT2D eigenvalue weighted by Crippen LogP contribution is 2.30. The molecule has 0 saturated heterocycles. The first-order valence-electron chi connectivity index (χ1n) is 9.41. The number of nitrogens with zero attached hydrogens (tertiary/aromatic N) is 5. The Kier molecular flexibility index (Phi) is 4.74. The molecule has 8 nitrogen and oxygen atoms in total. The van der Waals surface area contributed by atoms with Gasteiger partial charge in [0, 0.05) is 37.4 Å². The average Bonchev–Trinajstić information content (AvgIpc) is 3.44. The van der Waals surface area contributed by atoms with Gasteiger partial charge in [-0.15, -0.1) is 5.10 Å². The Hall–Kier alpha value is -2.97. The lowest BCUT2D eigenvalue weighted by Crippen LogP contribution is -2.29. The summed E-state index contributed by atoms with van der Waals surface area (Å²) in [6.07, 6.45) is 4.39. The lowest BCUT2D eigenvalue weighted by Gasteiger charge is -2.16. The number of aromatic nitrogens is 4. The summed E-state index contributed by atoms with van der Waals surface area (Å²) in [6.45, 7) is 0.723. The zero-order chi connectivity index (χ0) is 19.8. The van der Waals surface area contributed by atoms with Gasteiger partial charge in [-0.05, 0) is 31.7 Å². The van der Waals surface area contributed by atoms with E-state index in [0.29, 0.717) is 28.8 Å². The Morgan fingerprint density at radius 2 is 2.14 bits per heavy atom. The molecule has 0 aliphatic heterocycles. The number of unbranched alkanes of at least 4 members (excludes halogenated alkanes) is 1. The van der Waals surface area contributed by atoms with Crippen LogP contribution in [0.3, 0.4) is 0 Å². The third-order valence-corrected chi connectivity index (χ3v) is 5.06. The van der Waals surface area contributed by atoms with Gasteiger partial charge in [-0.2, -0.15) is 4.52 Å². The number of hydrogen-bond donors (Lipinski definition) is 1. The van der Waals surface area contributed by atoms with Gasteiger partial charge in [0.25, 0.3) is 0 Å². The van der Waals surface area contributed by atoms with Crippen LogP contribution in [-0.4, -0.2) is 51.1 Å². The van der Waals surface area contributed by atoms with Crippen LogP contribution in [0.25, 0.3) is 16.6 Å².